The van der Waals surface area contributed by atoms with Crippen molar-refractivity contribution in [2.24, 2.45) is 5.11 Å². The Morgan fingerprint density at radius 2 is 2.42 bits per heavy atom. The molecule has 0 unspecified atom stereocenters. The van der Waals surface area contributed by atoms with E-state index in [2.05, 4.69) is 15.2 Å². The van der Waals surface area contributed by atoms with Gasteiger partial charge < -0.3 is 4.52 Å². The number of rotatable bonds is 1. The van der Waals surface area contributed by atoms with Gasteiger partial charge in [0.05, 0.1) is 6.20 Å². The molecule has 0 spiro atoms. The van der Waals surface area contributed by atoms with Gasteiger partial charge in [0.25, 0.3) is 0 Å². The topological polar surface area (TPSA) is 74.8 Å². The van der Waals surface area contributed by atoms with Crippen molar-refractivity contribution < 1.29 is 4.52 Å². The Morgan fingerprint density at radius 1 is 1.50 bits per heavy atom. The van der Waals surface area contributed by atoms with Crippen LogP contribution in [0.5, 0.6) is 0 Å². The molecule has 0 fully saturated rings. The molecule has 0 N–H and O–H groups in total. The van der Waals surface area contributed by atoms with Crippen molar-refractivity contribution in [1.82, 2.24) is 5.16 Å². The van der Waals surface area contributed by atoms with Crippen LogP contribution in [0.15, 0.2) is 34.0 Å². The van der Waals surface area contributed by atoms with E-state index in [1.54, 1.807) is 24.4 Å². The average Bonchev–Trinajstić information content (AvgIpc) is 2.51. The van der Waals surface area contributed by atoms with E-state index < -0.39 is 0 Å². The standard InChI is InChI=1S/C7H4N4O/c8-11-10-6-2-1-5-4-9-12-7(5)3-6/h1-4H. The quantitative estimate of drug-likeness (QED) is 0.365. The average molecular weight is 160 g/mol. The van der Waals surface area contributed by atoms with Crippen LogP contribution in [0.25, 0.3) is 21.4 Å². The summed E-state index contributed by atoms with van der Waals surface area (Å²) in [6, 6.07) is 5.14. The van der Waals surface area contributed by atoms with Gasteiger partial charge in [-0.2, -0.15) is 0 Å². The molecule has 0 aliphatic rings. The van der Waals surface area contributed by atoms with Gasteiger partial charge in [0, 0.05) is 16.0 Å². The van der Waals surface area contributed by atoms with Gasteiger partial charge in [-0.05, 0) is 17.7 Å². The highest BCUT2D eigenvalue weighted by Gasteiger charge is 1.97. The first kappa shape index (κ1) is 6.69. The number of fused-ring (bicyclic) bond motifs is 1. The van der Waals surface area contributed by atoms with Gasteiger partial charge in [-0.15, -0.1) is 0 Å². The molecule has 0 amide bonds. The fourth-order valence-electron chi connectivity index (χ4n) is 0.963. The lowest BCUT2D eigenvalue weighted by Gasteiger charge is -1.87. The molecule has 0 aliphatic carbocycles. The van der Waals surface area contributed by atoms with Crippen LogP contribution in [-0.2, 0) is 0 Å². The molecule has 5 heteroatoms. The zero-order valence-corrected chi connectivity index (χ0v) is 6.01. The number of nitrogens with zero attached hydrogens (tertiary/aromatic N) is 4. The maximum Gasteiger partial charge on any atom is 0.167 e. The largest absolute Gasteiger partial charge is 0.356 e. The van der Waals surface area contributed by atoms with E-state index >= 15 is 0 Å². The number of azide groups is 1. The second-order valence-corrected chi connectivity index (χ2v) is 2.24. The monoisotopic (exact) mass is 160 g/mol. The van der Waals surface area contributed by atoms with E-state index in [-0.39, 0.29) is 0 Å². The highest BCUT2D eigenvalue weighted by Crippen LogP contribution is 2.20. The summed E-state index contributed by atoms with van der Waals surface area (Å²) in [6.07, 6.45) is 1.61. The first-order chi connectivity index (χ1) is 5.90. The Labute approximate surface area is 67.2 Å². The van der Waals surface area contributed by atoms with E-state index in [9.17, 15) is 0 Å². The Kier molecular flexibility index (Phi) is 1.43. The number of hydrogen-bond acceptors (Lipinski definition) is 3. The fraction of sp³-hybridized carbons (Fsp3) is 0. The molecule has 0 aliphatic heterocycles. The van der Waals surface area contributed by atoms with Crippen molar-refractivity contribution in [3.63, 3.8) is 0 Å². The number of aromatic nitrogens is 1. The molecule has 0 radical (unpaired) electrons. The predicted molar refractivity (Wildman–Crippen MR) is 42.8 cm³/mol. The van der Waals surface area contributed by atoms with E-state index in [0.29, 0.717) is 11.3 Å². The third-order valence-corrected chi connectivity index (χ3v) is 1.50. The van der Waals surface area contributed by atoms with E-state index in [4.69, 9.17) is 10.1 Å². The van der Waals surface area contributed by atoms with Crippen molar-refractivity contribution in [3.05, 3.63) is 34.8 Å². The van der Waals surface area contributed by atoms with Crippen molar-refractivity contribution in [2.75, 3.05) is 0 Å². The molecule has 2 rings (SSSR count). The first-order valence-corrected chi connectivity index (χ1v) is 3.30. The van der Waals surface area contributed by atoms with Gasteiger partial charge in [-0.25, -0.2) is 0 Å². The van der Waals surface area contributed by atoms with Crippen LogP contribution in [0.4, 0.5) is 5.69 Å². The highest BCUT2D eigenvalue weighted by molar-refractivity contribution is 5.78. The van der Waals surface area contributed by atoms with Crippen LogP contribution in [0.3, 0.4) is 0 Å². The Balaban J connectivity index is 2.67. The summed E-state index contributed by atoms with van der Waals surface area (Å²) >= 11 is 0. The smallest absolute Gasteiger partial charge is 0.167 e. The zero-order valence-electron chi connectivity index (χ0n) is 6.01. The van der Waals surface area contributed by atoms with Crippen molar-refractivity contribution in [2.45, 2.75) is 0 Å². The molecule has 0 saturated heterocycles. The van der Waals surface area contributed by atoms with E-state index in [0.717, 1.165) is 5.39 Å². The summed E-state index contributed by atoms with van der Waals surface area (Å²) in [5.74, 6) is 0. The minimum Gasteiger partial charge on any atom is -0.356 e. The van der Waals surface area contributed by atoms with Gasteiger partial charge in [-0.3, -0.25) is 0 Å². The van der Waals surface area contributed by atoms with Gasteiger partial charge >= 0.3 is 0 Å². The summed E-state index contributed by atoms with van der Waals surface area (Å²) in [7, 11) is 0. The Bertz CT molecular complexity index is 455. The lowest BCUT2D eigenvalue weighted by Crippen LogP contribution is -1.62. The predicted octanol–water partition coefficient (Wildman–Crippen LogP) is 2.77. The van der Waals surface area contributed by atoms with Crippen LogP contribution in [-0.4, -0.2) is 5.16 Å². The molecule has 0 atom stereocenters. The van der Waals surface area contributed by atoms with Crippen molar-refractivity contribution >= 4 is 16.7 Å². The van der Waals surface area contributed by atoms with Crippen LogP contribution >= 0.6 is 0 Å². The third kappa shape index (κ3) is 0.980. The first-order valence-electron chi connectivity index (χ1n) is 3.30. The summed E-state index contributed by atoms with van der Waals surface area (Å²) < 4.78 is 4.87. The molecular formula is C7H4N4O. The minimum absolute atomic E-state index is 0.529. The minimum atomic E-state index is 0.529. The lowest BCUT2D eigenvalue weighted by molar-refractivity contribution is 0.456. The summed E-state index contributed by atoms with van der Waals surface area (Å²) in [5, 5.41) is 7.92. The molecule has 12 heavy (non-hydrogen) atoms. The maximum absolute atomic E-state index is 8.15. The lowest BCUT2D eigenvalue weighted by atomic mass is 10.2. The van der Waals surface area contributed by atoms with E-state index in [1.807, 2.05) is 0 Å². The van der Waals surface area contributed by atoms with Crippen LogP contribution < -0.4 is 0 Å². The molecule has 1 aromatic heterocycles. The molecule has 1 aromatic carbocycles. The van der Waals surface area contributed by atoms with Crippen LogP contribution in [0, 0.1) is 0 Å². The molecule has 0 saturated carbocycles. The summed E-state index contributed by atoms with van der Waals surface area (Å²) in [5.41, 5.74) is 9.31. The van der Waals surface area contributed by atoms with Gasteiger partial charge in [0.2, 0.25) is 0 Å². The SMILES string of the molecule is [N-]=[N+]=Nc1ccc2cnoc2c1. The fourth-order valence-corrected chi connectivity index (χ4v) is 0.963. The van der Waals surface area contributed by atoms with Crippen molar-refractivity contribution in [1.29, 1.82) is 0 Å². The summed E-state index contributed by atoms with van der Waals surface area (Å²) in [6.45, 7) is 0. The van der Waals surface area contributed by atoms with Gasteiger partial charge in [0.1, 0.15) is 0 Å². The van der Waals surface area contributed by atoms with Crippen LogP contribution in [0.1, 0.15) is 0 Å². The number of hydrogen-bond donors (Lipinski definition) is 0. The molecule has 0 bridgehead atoms. The molecule has 5 nitrogen and oxygen atoms in total. The van der Waals surface area contributed by atoms with Crippen LogP contribution in [0.2, 0.25) is 0 Å². The highest BCUT2D eigenvalue weighted by atomic mass is 16.5. The summed E-state index contributed by atoms with van der Waals surface area (Å²) in [4.78, 5) is 2.66. The molecule has 1 heterocycles. The van der Waals surface area contributed by atoms with Crippen molar-refractivity contribution in [3.8, 4) is 0 Å². The Hall–Kier alpha value is -2.00. The third-order valence-electron chi connectivity index (χ3n) is 1.50. The van der Waals surface area contributed by atoms with E-state index in [1.165, 1.54) is 0 Å². The van der Waals surface area contributed by atoms with Gasteiger partial charge in [0.15, 0.2) is 5.58 Å². The molecule has 58 valence electrons. The second kappa shape index (κ2) is 2.56. The molecule has 2 aromatic rings. The molecular weight excluding hydrogens is 156 g/mol. The Morgan fingerprint density at radius 3 is 3.25 bits per heavy atom. The maximum atomic E-state index is 8.15. The zero-order chi connectivity index (χ0) is 8.39. The normalized spacial score (nSPS) is 9.67. The van der Waals surface area contributed by atoms with Gasteiger partial charge in [-0.1, -0.05) is 16.3 Å². The second-order valence-electron chi connectivity index (χ2n) is 2.24. The number of benzene rings is 1.